The highest BCUT2D eigenvalue weighted by Crippen LogP contribution is 2.25. The fourth-order valence-corrected chi connectivity index (χ4v) is 3.02. The maximum Gasteiger partial charge on any atom is 0.313 e. The molecular formula is C16H13N5O2S. The zero-order chi connectivity index (χ0) is 16.7. The van der Waals surface area contributed by atoms with Gasteiger partial charge in [-0.1, -0.05) is 5.10 Å². The highest BCUT2D eigenvalue weighted by molar-refractivity contribution is 7.90. The van der Waals surface area contributed by atoms with Gasteiger partial charge >= 0.3 is 6.01 Å². The van der Waals surface area contributed by atoms with Crippen molar-refractivity contribution in [3.05, 3.63) is 48.8 Å². The van der Waals surface area contributed by atoms with Crippen LogP contribution in [0, 0.1) is 0 Å². The summed E-state index contributed by atoms with van der Waals surface area (Å²) in [7, 11) is 0. The third kappa shape index (κ3) is 2.51. The largest absolute Gasteiger partial charge is 0.612 e. The molecule has 1 atom stereocenters. The third-order valence-electron chi connectivity index (χ3n) is 3.68. The lowest BCUT2D eigenvalue weighted by atomic mass is 10.2. The molecule has 8 heteroatoms. The van der Waals surface area contributed by atoms with Gasteiger partial charge in [-0.25, -0.2) is 4.98 Å². The topological polar surface area (TPSA) is 106 Å². The molecule has 1 unspecified atom stereocenters. The number of anilines is 1. The van der Waals surface area contributed by atoms with Crippen LogP contribution in [-0.2, 0) is 11.2 Å². The summed E-state index contributed by atoms with van der Waals surface area (Å²) in [6, 6.07) is 13.2. The van der Waals surface area contributed by atoms with Crippen molar-refractivity contribution in [2.24, 2.45) is 0 Å². The van der Waals surface area contributed by atoms with E-state index in [0.717, 1.165) is 27.2 Å². The second-order valence-electron chi connectivity index (χ2n) is 5.21. The quantitative estimate of drug-likeness (QED) is 0.575. The lowest BCUT2D eigenvalue weighted by Gasteiger charge is -2.07. The van der Waals surface area contributed by atoms with Gasteiger partial charge < -0.3 is 14.7 Å². The van der Waals surface area contributed by atoms with Crippen molar-refractivity contribution >= 4 is 28.2 Å². The van der Waals surface area contributed by atoms with Gasteiger partial charge in [-0.3, -0.25) is 4.57 Å². The lowest BCUT2D eigenvalue weighted by Crippen LogP contribution is -1.98. The van der Waals surface area contributed by atoms with Gasteiger partial charge in [0.1, 0.15) is 12.6 Å². The van der Waals surface area contributed by atoms with Crippen molar-refractivity contribution in [1.82, 2.24) is 19.7 Å². The van der Waals surface area contributed by atoms with Gasteiger partial charge in [-0.05, 0) is 53.6 Å². The van der Waals surface area contributed by atoms with Crippen molar-refractivity contribution in [3.8, 4) is 17.1 Å². The number of aromatic nitrogens is 4. The van der Waals surface area contributed by atoms with Crippen molar-refractivity contribution in [2.75, 3.05) is 12.0 Å². The monoisotopic (exact) mass is 339 g/mol. The molecule has 0 fully saturated rings. The molecular weight excluding hydrogens is 326 g/mol. The average Bonchev–Trinajstić information content (AvgIpc) is 3.20. The molecule has 0 radical (unpaired) electrons. The Morgan fingerprint density at radius 2 is 1.92 bits per heavy atom. The highest BCUT2D eigenvalue weighted by Gasteiger charge is 2.11. The van der Waals surface area contributed by atoms with Crippen LogP contribution in [-0.4, -0.2) is 30.6 Å². The summed E-state index contributed by atoms with van der Waals surface area (Å²) in [5.41, 5.74) is 8.91. The molecule has 0 spiro atoms. The zero-order valence-electron chi connectivity index (χ0n) is 12.7. The summed E-state index contributed by atoms with van der Waals surface area (Å²) in [6.45, 7) is 0. The Kier molecular flexibility index (Phi) is 3.47. The molecule has 0 aliphatic carbocycles. The minimum atomic E-state index is -1.00. The van der Waals surface area contributed by atoms with Crippen LogP contribution in [0.4, 0.5) is 6.01 Å². The zero-order valence-corrected chi connectivity index (χ0v) is 13.5. The van der Waals surface area contributed by atoms with E-state index in [4.69, 9.17) is 10.2 Å². The van der Waals surface area contributed by atoms with Crippen molar-refractivity contribution in [1.29, 1.82) is 0 Å². The minimum Gasteiger partial charge on any atom is -0.612 e. The molecule has 0 bridgehead atoms. The number of hydrogen-bond donors (Lipinski definition) is 1. The molecule has 2 N–H and O–H groups in total. The van der Waals surface area contributed by atoms with Gasteiger partial charge in [0.25, 0.3) is 0 Å². The molecule has 0 amide bonds. The molecule has 2 heterocycles. The number of nitrogen functional groups attached to an aromatic ring is 1. The van der Waals surface area contributed by atoms with Gasteiger partial charge in [0, 0.05) is 11.3 Å². The van der Waals surface area contributed by atoms with Gasteiger partial charge in [0.2, 0.25) is 5.89 Å². The molecule has 0 aliphatic heterocycles. The second-order valence-corrected chi connectivity index (χ2v) is 6.59. The molecule has 0 aliphatic rings. The predicted molar refractivity (Wildman–Crippen MR) is 91.1 cm³/mol. The van der Waals surface area contributed by atoms with E-state index in [1.807, 2.05) is 47.0 Å². The molecule has 7 nitrogen and oxygen atoms in total. The molecule has 4 rings (SSSR count). The van der Waals surface area contributed by atoms with E-state index in [1.165, 1.54) is 0 Å². The molecule has 0 saturated heterocycles. The smallest absolute Gasteiger partial charge is 0.313 e. The molecule has 24 heavy (non-hydrogen) atoms. The average molecular weight is 339 g/mol. The number of benzene rings is 2. The Bertz CT molecular complexity index is 1010. The first-order chi connectivity index (χ1) is 11.6. The molecule has 2 aromatic carbocycles. The second kappa shape index (κ2) is 5.66. The fourth-order valence-electron chi connectivity index (χ4n) is 2.50. The first-order valence-corrected chi connectivity index (χ1v) is 8.68. The van der Waals surface area contributed by atoms with Gasteiger partial charge in [0.05, 0.1) is 11.0 Å². The summed E-state index contributed by atoms with van der Waals surface area (Å²) in [5.74, 6) is 0.360. The van der Waals surface area contributed by atoms with E-state index >= 15 is 0 Å². The van der Waals surface area contributed by atoms with Gasteiger partial charge in [-0.15, -0.1) is 5.10 Å². The Hall–Kier alpha value is -2.84. The number of fused-ring (bicyclic) bond motifs is 1. The van der Waals surface area contributed by atoms with Crippen LogP contribution in [0.5, 0.6) is 0 Å². The van der Waals surface area contributed by atoms with E-state index in [2.05, 4.69) is 15.2 Å². The fraction of sp³-hybridized carbons (Fsp3) is 0.0625. The maximum absolute atomic E-state index is 11.5. The Labute approximate surface area is 140 Å². The van der Waals surface area contributed by atoms with Crippen LogP contribution < -0.4 is 5.73 Å². The summed E-state index contributed by atoms with van der Waals surface area (Å²) in [4.78, 5) is 5.19. The van der Waals surface area contributed by atoms with Gasteiger partial charge in [-0.2, -0.15) is 0 Å². The summed E-state index contributed by atoms with van der Waals surface area (Å²) < 4.78 is 18.7. The Balaban J connectivity index is 1.81. The number of hydrogen-bond acceptors (Lipinski definition) is 6. The van der Waals surface area contributed by atoms with Gasteiger partial charge in [0.15, 0.2) is 4.90 Å². The molecule has 0 saturated carbocycles. The van der Waals surface area contributed by atoms with Crippen LogP contribution in [0.15, 0.2) is 58.1 Å². The third-order valence-corrected chi connectivity index (χ3v) is 4.62. The highest BCUT2D eigenvalue weighted by atomic mass is 32.2. The van der Waals surface area contributed by atoms with E-state index in [9.17, 15) is 4.55 Å². The van der Waals surface area contributed by atoms with E-state index in [-0.39, 0.29) is 6.01 Å². The standard InChI is InChI=1S/C16H13N5O2S/c1-24(22)12-5-3-11(4-6-12)21-9-18-13-7-2-10(8-14(13)21)15-19-20-16(17)23-15/h2-9H,1H3,(H2,17,20). The lowest BCUT2D eigenvalue weighted by molar-refractivity contribution is 0.590. The van der Waals surface area contributed by atoms with Crippen LogP contribution in [0.2, 0.25) is 0 Å². The predicted octanol–water partition coefficient (Wildman–Crippen LogP) is 2.40. The SMILES string of the molecule is C[S+]([O-])c1ccc(-n2cnc3ccc(-c4nnc(N)o4)cc32)cc1. The summed E-state index contributed by atoms with van der Waals surface area (Å²) >= 11 is -1.00. The molecule has 4 aromatic rings. The van der Waals surface area contributed by atoms with Crippen LogP contribution in [0.1, 0.15) is 0 Å². The number of rotatable bonds is 3. The summed E-state index contributed by atoms with van der Waals surface area (Å²) in [5, 5.41) is 7.58. The van der Waals surface area contributed by atoms with Crippen LogP contribution in [0.3, 0.4) is 0 Å². The Morgan fingerprint density at radius 1 is 1.12 bits per heavy atom. The first-order valence-electron chi connectivity index (χ1n) is 7.12. The number of imidazole rings is 1. The first kappa shape index (κ1) is 14.7. The Morgan fingerprint density at radius 3 is 2.58 bits per heavy atom. The molecule has 120 valence electrons. The molecule has 2 aromatic heterocycles. The number of nitrogens with two attached hydrogens (primary N) is 1. The maximum atomic E-state index is 11.5. The van der Waals surface area contributed by atoms with Crippen molar-refractivity contribution < 1.29 is 8.97 Å². The van der Waals surface area contributed by atoms with Crippen LogP contribution in [0.25, 0.3) is 28.2 Å². The van der Waals surface area contributed by atoms with Crippen molar-refractivity contribution in [3.63, 3.8) is 0 Å². The van der Waals surface area contributed by atoms with Crippen LogP contribution >= 0.6 is 0 Å². The van der Waals surface area contributed by atoms with E-state index < -0.39 is 11.2 Å². The summed E-state index contributed by atoms with van der Waals surface area (Å²) in [6.07, 6.45) is 3.40. The minimum absolute atomic E-state index is 0.0294. The van der Waals surface area contributed by atoms with E-state index in [0.29, 0.717) is 5.89 Å². The normalized spacial score (nSPS) is 12.6. The number of nitrogens with zero attached hydrogens (tertiary/aromatic N) is 4. The van der Waals surface area contributed by atoms with E-state index in [1.54, 1.807) is 12.6 Å². The van der Waals surface area contributed by atoms with Crippen molar-refractivity contribution in [2.45, 2.75) is 4.90 Å².